The molecule has 2 amide bonds. The van der Waals surface area contributed by atoms with Crippen molar-refractivity contribution >= 4 is 17.5 Å². The number of benzene rings is 2. The zero-order valence-corrected chi connectivity index (χ0v) is 17.1. The van der Waals surface area contributed by atoms with Gasteiger partial charge in [-0.1, -0.05) is 57.0 Å². The van der Waals surface area contributed by atoms with Crippen LogP contribution in [-0.2, 0) is 21.5 Å². The molecule has 0 radical (unpaired) electrons. The van der Waals surface area contributed by atoms with Crippen molar-refractivity contribution in [1.29, 1.82) is 0 Å². The highest BCUT2D eigenvalue weighted by atomic mass is 19.1. The van der Waals surface area contributed by atoms with Crippen molar-refractivity contribution in [3.8, 4) is 0 Å². The molecule has 154 valence electrons. The molecule has 1 aliphatic rings. The van der Waals surface area contributed by atoms with E-state index in [0.29, 0.717) is 30.6 Å². The normalized spacial score (nSPS) is 16.2. The van der Waals surface area contributed by atoms with Crippen LogP contribution in [-0.4, -0.2) is 11.8 Å². The number of nitrogens with one attached hydrogen (secondary N) is 2. The Morgan fingerprint density at radius 1 is 1.10 bits per heavy atom. The molecule has 5 heteroatoms. The maximum absolute atomic E-state index is 14.5. The summed E-state index contributed by atoms with van der Waals surface area (Å²) in [7, 11) is 0. The zero-order valence-electron chi connectivity index (χ0n) is 17.1. The molecule has 0 saturated heterocycles. The number of amides is 2. The summed E-state index contributed by atoms with van der Waals surface area (Å²) in [4.78, 5) is 25.2. The van der Waals surface area contributed by atoms with Crippen LogP contribution in [0.1, 0.15) is 57.1 Å². The second-order valence-electron chi connectivity index (χ2n) is 7.95. The first-order valence-electron chi connectivity index (χ1n) is 10.4. The van der Waals surface area contributed by atoms with Crippen molar-refractivity contribution < 1.29 is 14.0 Å². The fourth-order valence-corrected chi connectivity index (χ4v) is 4.01. The van der Waals surface area contributed by atoms with Gasteiger partial charge in [0.15, 0.2) is 0 Å². The Morgan fingerprint density at radius 3 is 2.52 bits per heavy atom. The molecule has 0 heterocycles. The Bertz CT molecular complexity index is 875. The van der Waals surface area contributed by atoms with Crippen LogP contribution in [0, 0.1) is 11.7 Å². The fourth-order valence-electron chi connectivity index (χ4n) is 4.01. The van der Waals surface area contributed by atoms with E-state index < -0.39 is 5.41 Å². The largest absolute Gasteiger partial charge is 0.351 e. The number of anilines is 1. The Balaban J connectivity index is 1.71. The van der Waals surface area contributed by atoms with Gasteiger partial charge in [0.05, 0.1) is 5.41 Å². The smallest absolute Gasteiger partial charge is 0.231 e. The molecule has 2 N–H and O–H groups in total. The van der Waals surface area contributed by atoms with Crippen molar-refractivity contribution in [2.24, 2.45) is 5.92 Å². The molecule has 2 aromatic rings. The van der Waals surface area contributed by atoms with Crippen LogP contribution in [0.2, 0.25) is 0 Å². The minimum atomic E-state index is -0.798. The number of hydrogen-bond donors (Lipinski definition) is 2. The van der Waals surface area contributed by atoms with Gasteiger partial charge in [0.25, 0.3) is 0 Å². The third-order valence-electron chi connectivity index (χ3n) is 5.99. The molecule has 1 aliphatic carbocycles. The van der Waals surface area contributed by atoms with E-state index in [1.54, 1.807) is 18.2 Å². The van der Waals surface area contributed by atoms with Crippen molar-refractivity contribution in [1.82, 2.24) is 5.32 Å². The molecule has 1 unspecified atom stereocenters. The average Bonchev–Trinajstić information content (AvgIpc) is 3.23. The van der Waals surface area contributed by atoms with Gasteiger partial charge in [-0.3, -0.25) is 9.59 Å². The lowest BCUT2D eigenvalue weighted by Gasteiger charge is -2.28. The van der Waals surface area contributed by atoms with Gasteiger partial charge in [-0.25, -0.2) is 4.39 Å². The first kappa shape index (κ1) is 21.0. The summed E-state index contributed by atoms with van der Waals surface area (Å²) in [6, 6.07) is 14.1. The van der Waals surface area contributed by atoms with E-state index in [4.69, 9.17) is 0 Å². The molecule has 29 heavy (non-hydrogen) atoms. The molecular weight excluding hydrogens is 367 g/mol. The van der Waals surface area contributed by atoms with Gasteiger partial charge in [-0.15, -0.1) is 0 Å². The monoisotopic (exact) mass is 396 g/mol. The Morgan fingerprint density at radius 2 is 1.83 bits per heavy atom. The number of carbonyl (C=O) groups is 2. The summed E-state index contributed by atoms with van der Waals surface area (Å²) in [5, 5.41) is 5.92. The lowest BCUT2D eigenvalue weighted by Crippen LogP contribution is -2.42. The maximum atomic E-state index is 14.5. The van der Waals surface area contributed by atoms with Crippen LogP contribution in [0.4, 0.5) is 10.1 Å². The molecule has 0 bridgehead atoms. The Hall–Kier alpha value is -2.69. The lowest BCUT2D eigenvalue weighted by molar-refractivity contribution is -0.127. The summed E-state index contributed by atoms with van der Waals surface area (Å²) in [5.74, 6) is -0.520. The predicted molar refractivity (Wildman–Crippen MR) is 113 cm³/mol. The summed E-state index contributed by atoms with van der Waals surface area (Å²) in [6.45, 7) is 4.20. The first-order valence-corrected chi connectivity index (χ1v) is 10.4. The van der Waals surface area contributed by atoms with Crippen molar-refractivity contribution in [3.63, 3.8) is 0 Å². The summed E-state index contributed by atoms with van der Waals surface area (Å²) in [6.07, 6.45) is 3.92. The van der Waals surface area contributed by atoms with Gasteiger partial charge in [0.1, 0.15) is 5.82 Å². The number of hydrogen-bond acceptors (Lipinski definition) is 2. The molecule has 0 aliphatic heterocycles. The maximum Gasteiger partial charge on any atom is 0.231 e. The zero-order chi connectivity index (χ0) is 20.9. The molecule has 1 fully saturated rings. The van der Waals surface area contributed by atoms with Crippen LogP contribution in [0.15, 0.2) is 48.5 Å². The first-order chi connectivity index (χ1) is 14.0. The molecular formula is C24H29FN2O2. The molecule has 0 spiro atoms. The standard InChI is InChI=1S/C24H29FN2O2/c1-3-17(2)22(28)27-19-10-8-9-18(15-19)16-26-23(29)24(13-6-7-14-24)20-11-4-5-12-21(20)25/h4-5,8-12,15,17H,3,6-7,13-14,16H2,1-2H3,(H,26,29)(H,27,28). The van der Waals surface area contributed by atoms with Gasteiger partial charge >= 0.3 is 0 Å². The van der Waals surface area contributed by atoms with Gasteiger partial charge < -0.3 is 10.6 Å². The molecule has 1 saturated carbocycles. The number of carbonyl (C=O) groups excluding carboxylic acids is 2. The third kappa shape index (κ3) is 4.66. The van der Waals surface area contributed by atoms with E-state index in [1.807, 2.05) is 38.1 Å². The molecule has 2 aromatic carbocycles. The second-order valence-corrected chi connectivity index (χ2v) is 7.95. The van der Waals surface area contributed by atoms with Crippen molar-refractivity contribution in [2.75, 3.05) is 5.32 Å². The fraction of sp³-hybridized carbons (Fsp3) is 0.417. The van der Waals surface area contributed by atoms with Gasteiger partial charge in [-0.2, -0.15) is 0 Å². The second kappa shape index (κ2) is 9.21. The lowest BCUT2D eigenvalue weighted by atomic mass is 9.77. The molecule has 3 rings (SSSR count). The van der Waals surface area contributed by atoms with E-state index in [2.05, 4.69) is 10.6 Å². The van der Waals surface area contributed by atoms with E-state index >= 15 is 0 Å². The highest BCUT2D eigenvalue weighted by Gasteiger charge is 2.44. The minimum absolute atomic E-state index is 0.0156. The quantitative estimate of drug-likeness (QED) is 0.697. The highest BCUT2D eigenvalue weighted by molar-refractivity contribution is 5.92. The topological polar surface area (TPSA) is 58.2 Å². The van der Waals surface area contributed by atoms with Crippen LogP contribution in [0.25, 0.3) is 0 Å². The number of rotatable bonds is 7. The molecule has 0 aromatic heterocycles. The van der Waals surface area contributed by atoms with E-state index in [1.165, 1.54) is 6.07 Å². The Labute approximate surface area is 171 Å². The summed E-state index contributed by atoms with van der Waals surface area (Å²) < 4.78 is 14.5. The van der Waals surface area contributed by atoms with E-state index in [9.17, 15) is 14.0 Å². The predicted octanol–water partition coefficient (Wildman–Crippen LogP) is 4.94. The third-order valence-corrected chi connectivity index (χ3v) is 5.99. The molecule has 1 atom stereocenters. The van der Waals surface area contributed by atoms with Crippen molar-refractivity contribution in [2.45, 2.75) is 57.9 Å². The SMILES string of the molecule is CCC(C)C(=O)Nc1cccc(CNC(=O)C2(c3ccccc3F)CCCC2)c1. The minimum Gasteiger partial charge on any atom is -0.351 e. The average molecular weight is 397 g/mol. The highest BCUT2D eigenvalue weighted by Crippen LogP contribution is 2.42. The van der Waals surface area contributed by atoms with Gasteiger partial charge in [0, 0.05) is 23.7 Å². The van der Waals surface area contributed by atoms with E-state index in [0.717, 1.165) is 24.8 Å². The van der Waals surface area contributed by atoms with Crippen LogP contribution >= 0.6 is 0 Å². The Kier molecular flexibility index (Phi) is 6.68. The molecule has 4 nitrogen and oxygen atoms in total. The van der Waals surface area contributed by atoms with Crippen molar-refractivity contribution in [3.05, 3.63) is 65.5 Å². The van der Waals surface area contributed by atoms with Crippen LogP contribution in [0.5, 0.6) is 0 Å². The van der Waals surface area contributed by atoms with E-state index in [-0.39, 0.29) is 23.5 Å². The van der Waals surface area contributed by atoms with Gasteiger partial charge in [-0.05, 0) is 43.0 Å². The van der Waals surface area contributed by atoms with Crippen LogP contribution < -0.4 is 10.6 Å². The summed E-state index contributed by atoms with van der Waals surface area (Å²) in [5.41, 5.74) is 1.30. The van der Waals surface area contributed by atoms with Gasteiger partial charge in [0.2, 0.25) is 11.8 Å². The van der Waals surface area contributed by atoms with Crippen LogP contribution in [0.3, 0.4) is 0 Å². The number of halogens is 1. The summed E-state index contributed by atoms with van der Waals surface area (Å²) >= 11 is 0.